The molecular formula is C11H16N3O5P. The van der Waals surface area contributed by atoms with Gasteiger partial charge in [-0.15, -0.1) is 0 Å². The third-order valence-electron chi connectivity index (χ3n) is 2.24. The zero-order valence-corrected chi connectivity index (χ0v) is 11.7. The van der Waals surface area contributed by atoms with E-state index in [0.29, 0.717) is 0 Å². The van der Waals surface area contributed by atoms with Crippen molar-refractivity contribution in [3.8, 4) is 0 Å². The minimum atomic E-state index is -4.55. The molecule has 1 aromatic carbocycles. The molecule has 0 aliphatic rings. The molecule has 9 heteroatoms. The third kappa shape index (κ3) is 6.33. The first-order valence-corrected chi connectivity index (χ1v) is 7.22. The molecule has 0 aliphatic carbocycles. The quantitative estimate of drug-likeness (QED) is 0.266. The minimum absolute atomic E-state index is 0.104. The lowest BCUT2D eigenvalue weighted by Gasteiger charge is -2.20. The first-order chi connectivity index (χ1) is 9.28. The van der Waals surface area contributed by atoms with Crippen LogP contribution in [0.5, 0.6) is 0 Å². The molecule has 0 bridgehead atoms. The summed E-state index contributed by atoms with van der Waals surface area (Å²) in [6.45, 7) is -0.189. The molecule has 4 N–H and O–H groups in total. The van der Waals surface area contributed by atoms with E-state index >= 15 is 0 Å². The second-order valence-corrected chi connectivity index (χ2v) is 5.32. The Morgan fingerprint density at radius 3 is 2.55 bits per heavy atom. The zero-order valence-electron chi connectivity index (χ0n) is 10.8. The lowest BCUT2D eigenvalue weighted by atomic mass is 10.2. The molecule has 0 spiro atoms. The molecule has 20 heavy (non-hydrogen) atoms. The van der Waals surface area contributed by atoms with Crippen LogP contribution in [0, 0.1) is 5.41 Å². The number of esters is 1. The monoisotopic (exact) mass is 301 g/mol. The maximum Gasteiger partial charge on any atom is 0.429 e. The smallest absolute Gasteiger partial charge is 0.429 e. The Hall–Kier alpha value is -1.89. The largest absolute Gasteiger partial charge is 0.459 e. The van der Waals surface area contributed by atoms with Crippen LogP contribution in [-0.4, -0.2) is 40.2 Å². The van der Waals surface area contributed by atoms with Crippen LogP contribution in [0.25, 0.3) is 0 Å². The van der Waals surface area contributed by atoms with E-state index in [1.807, 2.05) is 18.2 Å². The van der Waals surface area contributed by atoms with Crippen LogP contribution in [-0.2, 0) is 20.7 Å². The topological polar surface area (TPSA) is 123 Å². The summed E-state index contributed by atoms with van der Waals surface area (Å²) < 4.78 is 15.6. The van der Waals surface area contributed by atoms with Crippen molar-refractivity contribution in [3.05, 3.63) is 35.9 Å². The molecule has 0 aromatic heterocycles. The molecule has 8 nitrogen and oxygen atoms in total. The van der Waals surface area contributed by atoms with E-state index < -0.39 is 19.7 Å². The highest BCUT2D eigenvalue weighted by Crippen LogP contribution is 2.27. The standard InChI is InChI=1S/C11H16N3O5P/c1-14(11(12)13-20(16,17)18)7-10(15)19-8-9-5-3-2-4-6-9/h2-6H,7-8H2,1H3,(H4,12,13,16,17,18). The summed E-state index contributed by atoms with van der Waals surface area (Å²) in [6.07, 6.45) is 0. The molecule has 1 rings (SSSR count). The predicted octanol–water partition coefficient (Wildman–Crippen LogP) is 0.279. The van der Waals surface area contributed by atoms with Crippen molar-refractivity contribution in [1.29, 1.82) is 5.41 Å². The number of nitrogens with one attached hydrogen (secondary N) is 2. The van der Waals surface area contributed by atoms with Crippen LogP contribution in [0.2, 0.25) is 0 Å². The molecule has 0 radical (unpaired) electrons. The highest BCUT2D eigenvalue weighted by molar-refractivity contribution is 7.50. The van der Waals surface area contributed by atoms with Gasteiger partial charge in [0.25, 0.3) is 0 Å². The molecule has 0 saturated carbocycles. The fourth-order valence-electron chi connectivity index (χ4n) is 1.28. The highest BCUT2D eigenvalue weighted by Gasteiger charge is 2.18. The summed E-state index contributed by atoms with van der Waals surface area (Å²) in [6, 6.07) is 9.07. The van der Waals surface area contributed by atoms with Crippen molar-refractivity contribution in [3.63, 3.8) is 0 Å². The molecule has 0 aliphatic heterocycles. The molecule has 0 amide bonds. The van der Waals surface area contributed by atoms with Crippen LogP contribution in [0.15, 0.2) is 30.3 Å². The molecule has 110 valence electrons. The third-order valence-corrected chi connectivity index (χ3v) is 2.75. The number of guanidine groups is 1. The lowest BCUT2D eigenvalue weighted by molar-refractivity contribution is -0.145. The van der Waals surface area contributed by atoms with Crippen molar-refractivity contribution < 1.29 is 23.9 Å². The Balaban J connectivity index is 2.38. The SMILES string of the molecule is CN(CC(=O)OCc1ccccc1)C(=N)NP(=O)(O)O. The predicted molar refractivity (Wildman–Crippen MR) is 71.8 cm³/mol. The number of hydrogen-bond acceptors (Lipinski definition) is 4. The molecule has 0 fully saturated rings. The zero-order chi connectivity index (χ0) is 15.2. The summed E-state index contributed by atoms with van der Waals surface area (Å²) in [4.78, 5) is 29.8. The van der Waals surface area contributed by atoms with Crippen molar-refractivity contribution in [2.45, 2.75) is 6.61 Å². The van der Waals surface area contributed by atoms with Gasteiger partial charge in [-0.05, 0) is 5.56 Å². The second kappa shape index (κ2) is 7.04. The first-order valence-electron chi connectivity index (χ1n) is 5.61. The van der Waals surface area contributed by atoms with E-state index in [0.717, 1.165) is 10.5 Å². The fourth-order valence-corrected chi connectivity index (χ4v) is 1.73. The van der Waals surface area contributed by atoms with Gasteiger partial charge in [0.2, 0.25) is 0 Å². The molecule has 1 aromatic rings. The Morgan fingerprint density at radius 1 is 1.40 bits per heavy atom. The van der Waals surface area contributed by atoms with Crippen molar-refractivity contribution in [2.75, 3.05) is 13.6 Å². The highest BCUT2D eigenvalue weighted by atomic mass is 31.2. The number of benzene rings is 1. The Morgan fingerprint density at radius 2 is 2.00 bits per heavy atom. The van der Waals surface area contributed by atoms with Crippen LogP contribution in [0.1, 0.15) is 5.56 Å². The number of ether oxygens (including phenoxy) is 1. The molecule has 0 atom stereocenters. The Bertz CT molecular complexity index is 516. The number of carbonyl (C=O) groups excluding carboxylic acids is 1. The number of hydrogen-bond donors (Lipinski definition) is 4. The lowest BCUT2D eigenvalue weighted by Crippen LogP contribution is -2.39. The summed E-state index contributed by atoms with van der Waals surface area (Å²) in [7, 11) is -3.21. The number of nitrogens with zero attached hydrogens (tertiary/aromatic N) is 1. The average molecular weight is 301 g/mol. The first kappa shape index (κ1) is 16.2. The second-order valence-electron chi connectivity index (χ2n) is 4.01. The van der Waals surface area contributed by atoms with Gasteiger partial charge in [-0.2, -0.15) is 0 Å². The van der Waals surface area contributed by atoms with Gasteiger partial charge < -0.3 is 19.4 Å². The van der Waals surface area contributed by atoms with Crippen LogP contribution in [0.4, 0.5) is 0 Å². The molecule has 0 unspecified atom stereocenters. The average Bonchev–Trinajstić information content (AvgIpc) is 2.35. The van der Waals surface area contributed by atoms with Gasteiger partial charge in [0.15, 0.2) is 5.96 Å². The van der Waals surface area contributed by atoms with E-state index in [-0.39, 0.29) is 13.2 Å². The minimum Gasteiger partial charge on any atom is -0.459 e. The van der Waals surface area contributed by atoms with Crippen molar-refractivity contribution in [2.24, 2.45) is 0 Å². The van der Waals surface area contributed by atoms with Crippen LogP contribution < -0.4 is 5.09 Å². The summed E-state index contributed by atoms with van der Waals surface area (Å²) in [5.74, 6) is -1.16. The summed E-state index contributed by atoms with van der Waals surface area (Å²) >= 11 is 0. The number of rotatable bonds is 5. The molecular weight excluding hydrogens is 285 g/mol. The van der Waals surface area contributed by atoms with E-state index in [1.54, 1.807) is 17.2 Å². The molecule has 0 heterocycles. The van der Waals surface area contributed by atoms with Crippen molar-refractivity contribution in [1.82, 2.24) is 9.99 Å². The summed E-state index contributed by atoms with van der Waals surface area (Å²) in [5.41, 5.74) is 0.826. The van der Waals surface area contributed by atoms with Gasteiger partial charge in [0.1, 0.15) is 13.2 Å². The van der Waals surface area contributed by atoms with Gasteiger partial charge in [-0.1, -0.05) is 30.3 Å². The van der Waals surface area contributed by atoms with E-state index in [1.165, 1.54) is 7.05 Å². The maximum absolute atomic E-state index is 11.5. The van der Waals surface area contributed by atoms with Gasteiger partial charge >= 0.3 is 13.7 Å². The Labute approximate surface area is 116 Å². The van der Waals surface area contributed by atoms with E-state index in [4.69, 9.17) is 19.9 Å². The normalized spacial score (nSPS) is 10.8. The van der Waals surface area contributed by atoms with Crippen LogP contribution >= 0.6 is 7.75 Å². The van der Waals surface area contributed by atoms with E-state index in [9.17, 15) is 9.36 Å². The molecule has 0 saturated heterocycles. The van der Waals surface area contributed by atoms with Gasteiger partial charge in [-0.25, -0.2) is 4.57 Å². The number of likely N-dealkylation sites (N-methyl/N-ethyl adjacent to an activating group) is 1. The Kier molecular flexibility index (Phi) is 5.69. The van der Waals surface area contributed by atoms with Gasteiger partial charge in [0.05, 0.1) is 0 Å². The van der Waals surface area contributed by atoms with Crippen LogP contribution in [0.3, 0.4) is 0 Å². The maximum atomic E-state index is 11.5. The van der Waals surface area contributed by atoms with Gasteiger partial charge in [0, 0.05) is 7.05 Å². The van der Waals surface area contributed by atoms with E-state index in [2.05, 4.69) is 0 Å². The van der Waals surface area contributed by atoms with Gasteiger partial charge in [-0.3, -0.25) is 15.3 Å². The summed E-state index contributed by atoms with van der Waals surface area (Å²) in [5, 5.41) is 9.02. The van der Waals surface area contributed by atoms with Crippen molar-refractivity contribution >= 4 is 19.7 Å². The number of carbonyl (C=O) groups is 1. The fraction of sp³-hybridized carbons (Fsp3) is 0.273.